The normalized spacial score (nSPS) is 18.6. The Bertz CT molecular complexity index is 414. The largest absolute Gasteiger partial charge is 0.466 e. The van der Waals surface area contributed by atoms with Crippen molar-refractivity contribution in [3.63, 3.8) is 0 Å². The standard InChI is InChI=1S/C14H23N3O2.HI/c1-14(18,12-7-4-8-19-12)10-17-13(15-2)16-9-11-5-3-6-11;/h4,7-8,11,18H,3,5-6,9-10H2,1-2H3,(H2,15,16,17);1H. The molecule has 0 spiro atoms. The van der Waals surface area contributed by atoms with Crippen molar-refractivity contribution in [1.82, 2.24) is 10.6 Å². The van der Waals surface area contributed by atoms with E-state index in [-0.39, 0.29) is 24.0 Å². The van der Waals surface area contributed by atoms with Crippen LogP contribution >= 0.6 is 24.0 Å². The van der Waals surface area contributed by atoms with Crippen LogP contribution in [0.4, 0.5) is 0 Å². The highest BCUT2D eigenvalue weighted by atomic mass is 127. The van der Waals surface area contributed by atoms with Gasteiger partial charge in [-0.2, -0.15) is 0 Å². The Morgan fingerprint density at radius 2 is 2.25 bits per heavy atom. The van der Waals surface area contributed by atoms with E-state index in [2.05, 4.69) is 15.6 Å². The average molecular weight is 393 g/mol. The first-order valence-electron chi connectivity index (χ1n) is 6.83. The lowest BCUT2D eigenvalue weighted by atomic mass is 9.85. The van der Waals surface area contributed by atoms with Crippen LogP contribution in [0.1, 0.15) is 31.9 Å². The monoisotopic (exact) mass is 393 g/mol. The molecule has 0 amide bonds. The van der Waals surface area contributed by atoms with E-state index in [0.29, 0.717) is 12.3 Å². The Balaban J connectivity index is 0.00000200. The van der Waals surface area contributed by atoms with E-state index in [4.69, 9.17) is 4.42 Å². The Morgan fingerprint density at radius 3 is 2.75 bits per heavy atom. The highest BCUT2D eigenvalue weighted by Gasteiger charge is 2.26. The van der Waals surface area contributed by atoms with Crippen LogP contribution in [-0.2, 0) is 5.60 Å². The molecule has 1 aliphatic rings. The third-order valence-corrected chi connectivity index (χ3v) is 3.66. The van der Waals surface area contributed by atoms with Crippen LogP contribution in [0.2, 0.25) is 0 Å². The summed E-state index contributed by atoms with van der Waals surface area (Å²) in [6.07, 6.45) is 5.50. The Kier molecular flexibility index (Phi) is 6.81. The highest BCUT2D eigenvalue weighted by Crippen LogP contribution is 2.25. The lowest BCUT2D eigenvalue weighted by molar-refractivity contribution is 0.0385. The summed E-state index contributed by atoms with van der Waals surface area (Å²) in [6, 6.07) is 3.54. The fraction of sp³-hybridized carbons (Fsp3) is 0.643. The molecule has 5 nitrogen and oxygen atoms in total. The summed E-state index contributed by atoms with van der Waals surface area (Å²) >= 11 is 0. The SMILES string of the molecule is CN=C(NCC1CCC1)NCC(C)(O)c1ccco1.I. The molecule has 114 valence electrons. The van der Waals surface area contributed by atoms with Crippen molar-refractivity contribution in [2.45, 2.75) is 31.8 Å². The fourth-order valence-electron chi connectivity index (χ4n) is 2.09. The first-order valence-corrected chi connectivity index (χ1v) is 6.83. The number of nitrogens with zero attached hydrogens (tertiary/aromatic N) is 1. The number of aliphatic imine (C=N–C) groups is 1. The van der Waals surface area contributed by atoms with Gasteiger partial charge in [-0.05, 0) is 37.8 Å². The molecule has 1 aromatic heterocycles. The van der Waals surface area contributed by atoms with Crippen molar-refractivity contribution in [2.75, 3.05) is 20.1 Å². The maximum Gasteiger partial charge on any atom is 0.191 e. The number of furan rings is 1. The molecule has 0 aromatic carbocycles. The van der Waals surface area contributed by atoms with Gasteiger partial charge in [-0.25, -0.2) is 0 Å². The van der Waals surface area contributed by atoms with Crippen molar-refractivity contribution in [1.29, 1.82) is 0 Å². The Hall–Kier alpha value is -0.760. The summed E-state index contributed by atoms with van der Waals surface area (Å²) in [5.74, 6) is 2.04. The minimum absolute atomic E-state index is 0. The van der Waals surface area contributed by atoms with Gasteiger partial charge in [-0.1, -0.05) is 6.42 Å². The summed E-state index contributed by atoms with van der Waals surface area (Å²) < 4.78 is 5.24. The second kappa shape index (κ2) is 7.87. The van der Waals surface area contributed by atoms with E-state index in [9.17, 15) is 5.11 Å². The second-order valence-corrected chi connectivity index (χ2v) is 5.35. The van der Waals surface area contributed by atoms with Gasteiger partial charge in [0, 0.05) is 13.6 Å². The molecule has 1 unspecified atom stereocenters. The summed E-state index contributed by atoms with van der Waals surface area (Å²) in [7, 11) is 1.73. The number of aliphatic hydroxyl groups is 1. The number of nitrogens with one attached hydrogen (secondary N) is 2. The predicted octanol–water partition coefficient (Wildman–Crippen LogP) is 2.07. The first-order chi connectivity index (χ1) is 9.12. The third-order valence-electron chi connectivity index (χ3n) is 3.66. The van der Waals surface area contributed by atoms with Gasteiger partial charge in [0.25, 0.3) is 0 Å². The topological polar surface area (TPSA) is 69.8 Å². The van der Waals surface area contributed by atoms with Gasteiger partial charge in [0.2, 0.25) is 0 Å². The first kappa shape index (κ1) is 17.3. The van der Waals surface area contributed by atoms with Gasteiger partial charge in [0.1, 0.15) is 11.4 Å². The van der Waals surface area contributed by atoms with Gasteiger partial charge in [-0.3, -0.25) is 4.99 Å². The zero-order valence-electron chi connectivity index (χ0n) is 12.1. The molecule has 1 aliphatic carbocycles. The van der Waals surface area contributed by atoms with Crippen molar-refractivity contribution >= 4 is 29.9 Å². The Labute approximate surface area is 137 Å². The number of hydrogen-bond donors (Lipinski definition) is 3. The van der Waals surface area contributed by atoms with Crippen LogP contribution in [0.15, 0.2) is 27.8 Å². The van der Waals surface area contributed by atoms with E-state index in [1.54, 1.807) is 32.4 Å². The molecule has 1 atom stereocenters. The smallest absolute Gasteiger partial charge is 0.191 e. The molecule has 1 heterocycles. The maximum atomic E-state index is 10.3. The summed E-state index contributed by atoms with van der Waals surface area (Å²) in [5.41, 5.74) is -1.04. The predicted molar refractivity (Wildman–Crippen MR) is 90.4 cm³/mol. The molecule has 0 aliphatic heterocycles. The van der Waals surface area contributed by atoms with Crippen molar-refractivity contribution < 1.29 is 9.52 Å². The summed E-state index contributed by atoms with van der Waals surface area (Å²) in [5, 5.41) is 16.7. The number of hydrogen-bond acceptors (Lipinski definition) is 3. The van der Waals surface area contributed by atoms with Gasteiger partial charge in [0.15, 0.2) is 5.96 Å². The number of rotatable bonds is 5. The van der Waals surface area contributed by atoms with Crippen LogP contribution in [0.5, 0.6) is 0 Å². The van der Waals surface area contributed by atoms with E-state index in [0.717, 1.165) is 18.4 Å². The maximum absolute atomic E-state index is 10.3. The molecule has 1 fully saturated rings. The third kappa shape index (κ3) is 4.66. The molecular formula is C14H24IN3O2. The quantitative estimate of drug-likeness (QED) is 0.407. The average Bonchev–Trinajstić information content (AvgIpc) is 2.85. The number of halogens is 1. The van der Waals surface area contributed by atoms with Crippen LogP contribution in [0, 0.1) is 5.92 Å². The van der Waals surface area contributed by atoms with E-state index in [1.165, 1.54) is 19.3 Å². The molecule has 20 heavy (non-hydrogen) atoms. The highest BCUT2D eigenvalue weighted by molar-refractivity contribution is 14.0. The van der Waals surface area contributed by atoms with Gasteiger partial charge in [0.05, 0.1) is 12.8 Å². The molecule has 1 saturated carbocycles. The molecule has 6 heteroatoms. The molecule has 1 aromatic rings. The van der Waals surface area contributed by atoms with Crippen LogP contribution in [0.25, 0.3) is 0 Å². The zero-order valence-corrected chi connectivity index (χ0v) is 14.4. The lowest BCUT2D eigenvalue weighted by Gasteiger charge is -2.27. The van der Waals surface area contributed by atoms with Gasteiger partial charge in [-0.15, -0.1) is 24.0 Å². The molecule has 0 bridgehead atoms. The lowest BCUT2D eigenvalue weighted by Crippen LogP contribution is -2.46. The zero-order chi connectivity index (χ0) is 13.7. The van der Waals surface area contributed by atoms with Gasteiger partial charge >= 0.3 is 0 Å². The van der Waals surface area contributed by atoms with Gasteiger partial charge < -0.3 is 20.2 Å². The van der Waals surface area contributed by atoms with Crippen LogP contribution in [-0.4, -0.2) is 31.2 Å². The van der Waals surface area contributed by atoms with Crippen molar-refractivity contribution in [2.24, 2.45) is 10.9 Å². The summed E-state index contributed by atoms with van der Waals surface area (Å²) in [6.45, 7) is 3.02. The minimum Gasteiger partial charge on any atom is -0.466 e. The minimum atomic E-state index is -1.04. The molecule has 0 radical (unpaired) electrons. The van der Waals surface area contributed by atoms with Crippen LogP contribution < -0.4 is 10.6 Å². The Morgan fingerprint density at radius 1 is 1.50 bits per heavy atom. The van der Waals surface area contributed by atoms with E-state index < -0.39 is 5.60 Å². The van der Waals surface area contributed by atoms with E-state index >= 15 is 0 Å². The second-order valence-electron chi connectivity index (χ2n) is 5.35. The number of guanidine groups is 1. The molecule has 0 saturated heterocycles. The molecular weight excluding hydrogens is 369 g/mol. The molecule has 3 N–H and O–H groups in total. The molecule has 2 rings (SSSR count). The van der Waals surface area contributed by atoms with Crippen molar-refractivity contribution in [3.8, 4) is 0 Å². The van der Waals surface area contributed by atoms with E-state index in [1.807, 2.05) is 0 Å². The van der Waals surface area contributed by atoms with Crippen LogP contribution in [0.3, 0.4) is 0 Å². The van der Waals surface area contributed by atoms with Crippen molar-refractivity contribution in [3.05, 3.63) is 24.2 Å². The summed E-state index contributed by atoms with van der Waals surface area (Å²) in [4.78, 5) is 4.16. The fourth-order valence-corrected chi connectivity index (χ4v) is 2.09.